The number of piperazine rings is 1. The minimum atomic E-state index is -3.85. The lowest BCUT2D eigenvalue weighted by molar-refractivity contribution is -0.119. The van der Waals surface area contributed by atoms with Crippen LogP contribution in [0.2, 0.25) is 0 Å². The van der Waals surface area contributed by atoms with E-state index in [0.29, 0.717) is 5.56 Å². The van der Waals surface area contributed by atoms with E-state index in [1.54, 1.807) is 20.8 Å². The van der Waals surface area contributed by atoms with Gasteiger partial charge in [-0.15, -0.1) is 0 Å². The maximum atomic E-state index is 13.1. The molecule has 30 heavy (non-hydrogen) atoms. The predicted molar refractivity (Wildman–Crippen MR) is 109 cm³/mol. The minimum absolute atomic E-state index is 0.0351. The Morgan fingerprint density at radius 1 is 1.20 bits per heavy atom. The van der Waals surface area contributed by atoms with Crippen molar-refractivity contribution < 1.29 is 31.2 Å². The van der Waals surface area contributed by atoms with E-state index in [1.165, 1.54) is 27.4 Å². The Hall–Kier alpha value is -2.18. The first-order valence-corrected chi connectivity index (χ1v) is 12.6. The van der Waals surface area contributed by atoms with Crippen molar-refractivity contribution in [2.24, 2.45) is 5.92 Å². The molecule has 0 bridgehead atoms. The van der Waals surface area contributed by atoms with E-state index < -0.39 is 38.0 Å². The molecule has 0 N–H and O–H groups in total. The zero-order valence-corrected chi connectivity index (χ0v) is 18.7. The second-order valence-electron chi connectivity index (χ2n) is 7.32. The molecular formula is C18H25N3O7S2. The van der Waals surface area contributed by atoms with E-state index in [4.69, 9.17) is 4.74 Å². The number of sulfonamides is 2. The van der Waals surface area contributed by atoms with Gasteiger partial charge in [0.2, 0.25) is 26.0 Å². The van der Waals surface area contributed by atoms with Gasteiger partial charge in [0, 0.05) is 26.2 Å². The van der Waals surface area contributed by atoms with E-state index in [1.807, 2.05) is 0 Å². The number of hydrogen-bond donors (Lipinski definition) is 0. The number of amides is 2. The summed E-state index contributed by atoms with van der Waals surface area (Å²) in [6.07, 6.45) is -0.471. The summed E-state index contributed by atoms with van der Waals surface area (Å²) in [7, 11) is -7.61. The molecule has 2 aliphatic rings. The molecule has 1 aromatic carbocycles. The second kappa shape index (κ2) is 8.16. The Kier molecular flexibility index (Phi) is 6.12. The van der Waals surface area contributed by atoms with Gasteiger partial charge in [-0.2, -0.15) is 4.31 Å². The van der Waals surface area contributed by atoms with Gasteiger partial charge < -0.3 is 9.64 Å². The molecule has 166 valence electrons. The topological polar surface area (TPSA) is 121 Å². The number of nitrogens with zero attached hydrogens (tertiary/aromatic N) is 3. The molecule has 0 saturated carbocycles. The Bertz CT molecular complexity index is 1060. The van der Waals surface area contributed by atoms with E-state index in [2.05, 4.69) is 0 Å². The van der Waals surface area contributed by atoms with Gasteiger partial charge in [-0.25, -0.2) is 25.9 Å². The Labute approximate surface area is 176 Å². The predicted octanol–water partition coefficient (Wildman–Crippen LogP) is 0.770. The quantitative estimate of drug-likeness (QED) is 0.652. The zero-order valence-electron chi connectivity index (χ0n) is 17.1. The summed E-state index contributed by atoms with van der Waals surface area (Å²) >= 11 is 0. The monoisotopic (exact) mass is 459 g/mol. The normalized spacial score (nSPS) is 22.4. The van der Waals surface area contributed by atoms with Crippen LogP contribution in [-0.4, -0.2) is 76.6 Å². The fourth-order valence-electron chi connectivity index (χ4n) is 3.60. The van der Waals surface area contributed by atoms with E-state index in [-0.39, 0.29) is 49.1 Å². The molecule has 12 heteroatoms. The van der Waals surface area contributed by atoms with Gasteiger partial charge in [0.25, 0.3) is 0 Å². The van der Waals surface area contributed by atoms with Crippen molar-refractivity contribution in [2.75, 3.05) is 42.8 Å². The van der Waals surface area contributed by atoms with Crippen LogP contribution in [0.4, 0.5) is 10.5 Å². The molecule has 2 saturated heterocycles. The summed E-state index contributed by atoms with van der Waals surface area (Å²) < 4.78 is 57.7. The first kappa shape index (κ1) is 22.5. The van der Waals surface area contributed by atoms with Gasteiger partial charge in [0.05, 0.1) is 28.9 Å². The molecule has 0 radical (unpaired) electrons. The van der Waals surface area contributed by atoms with Crippen molar-refractivity contribution in [1.29, 1.82) is 0 Å². The van der Waals surface area contributed by atoms with Crippen LogP contribution < -0.4 is 4.31 Å². The third kappa shape index (κ3) is 4.03. The molecule has 2 aliphatic heterocycles. The lowest BCUT2D eigenvalue weighted by Gasteiger charge is -2.33. The summed E-state index contributed by atoms with van der Waals surface area (Å²) in [5, 5.41) is 0. The molecule has 0 unspecified atom stereocenters. The minimum Gasteiger partial charge on any atom is -0.450 e. The van der Waals surface area contributed by atoms with Gasteiger partial charge >= 0.3 is 6.09 Å². The third-order valence-electron chi connectivity index (χ3n) is 5.14. The standard InChI is InChI=1S/C18H25N3O7S2/c1-4-28-18(23)19-7-9-20(10-8-19)30(26,27)16-6-5-15(11-13(16)2)21-17(22)14(3)12-29(21,24)25/h5-6,11,14H,4,7-10,12H2,1-3H3/t14-/m0/s1. The highest BCUT2D eigenvalue weighted by Gasteiger charge is 2.42. The van der Waals surface area contributed by atoms with Crippen molar-refractivity contribution in [3.05, 3.63) is 23.8 Å². The van der Waals surface area contributed by atoms with Crippen LogP contribution in [0.1, 0.15) is 19.4 Å². The van der Waals surface area contributed by atoms with Crippen molar-refractivity contribution in [3.63, 3.8) is 0 Å². The molecule has 1 atom stereocenters. The largest absolute Gasteiger partial charge is 0.450 e. The molecule has 10 nitrogen and oxygen atoms in total. The third-order valence-corrected chi connectivity index (χ3v) is 9.06. The lowest BCUT2D eigenvalue weighted by Crippen LogP contribution is -2.50. The molecule has 0 spiro atoms. The van der Waals surface area contributed by atoms with Crippen LogP contribution in [-0.2, 0) is 29.6 Å². The molecule has 0 aliphatic carbocycles. The average molecular weight is 460 g/mol. The second-order valence-corrected chi connectivity index (χ2v) is 11.1. The molecule has 3 rings (SSSR count). The van der Waals surface area contributed by atoms with E-state index in [0.717, 1.165) is 4.31 Å². The first-order valence-electron chi connectivity index (χ1n) is 9.58. The Morgan fingerprint density at radius 2 is 1.83 bits per heavy atom. The Balaban J connectivity index is 1.81. The number of aryl methyl sites for hydroxylation is 1. The van der Waals surface area contributed by atoms with Crippen LogP contribution in [0.15, 0.2) is 23.1 Å². The van der Waals surface area contributed by atoms with Gasteiger partial charge in [-0.05, 0) is 37.6 Å². The number of carbonyl (C=O) groups excluding carboxylic acids is 2. The summed E-state index contributed by atoms with van der Waals surface area (Å²) in [4.78, 5) is 25.6. The SMILES string of the molecule is CCOC(=O)N1CCN(S(=O)(=O)c2ccc(N3C(=O)[C@@H](C)CS3(=O)=O)cc2C)CC1. The number of ether oxygens (including phenoxy) is 1. The maximum Gasteiger partial charge on any atom is 0.409 e. The molecule has 2 amide bonds. The van der Waals surface area contributed by atoms with Crippen LogP contribution in [0.3, 0.4) is 0 Å². The number of anilines is 1. The van der Waals surface area contributed by atoms with Crippen LogP contribution in [0.25, 0.3) is 0 Å². The van der Waals surface area contributed by atoms with Crippen molar-refractivity contribution >= 4 is 37.7 Å². The summed E-state index contributed by atoms with van der Waals surface area (Å²) in [5.41, 5.74) is 0.468. The number of rotatable bonds is 4. The highest BCUT2D eigenvalue weighted by atomic mass is 32.2. The maximum absolute atomic E-state index is 13.1. The molecule has 0 aromatic heterocycles. The fourth-order valence-corrected chi connectivity index (χ4v) is 7.04. The molecule has 2 fully saturated rings. The molecular weight excluding hydrogens is 434 g/mol. The van der Waals surface area contributed by atoms with Gasteiger partial charge in [0.1, 0.15) is 0 Å². The van der Waals surface area contributed by atoms with Gasteiger partial charge in [-0.1, -0.05) is 6.92 Å². The number of hydrogen-bond acceptors (Lipinski definition) is 7. The van der Waals surface area contributed by atoms with Crippen LogP contribution >= 0.6 is 0 Å². The Morgan fingerprint density at radius 3 is 2.33 bits per heavy atom. The highest BCUT2D eigenvalue weighted by molar-refractivity contribution is 7.94. The van der Waals surface area contributed by atoms with E-state index in [9.17, 15) is 26.4 Å². The van der Waals surface area contributed by atoms with Crippen molar-refractivity contribution in [2.45, 2.75) is 25.7 Å². The number of benzene rings is 1. The van der Waals surface area contributed by atoms with Crippen molar-refractivity contribution in [1.82, 2.24) is 9.21 Å². The van der Waals surface area contributed by atoms with Gasteiger partial charge in [0.15, 0.2) is 0 Å². The lowest BCUT2D eigenvalue weighted by atomic mass is 10.2. The van der Waals surface area contributed by atoms with Gasteiger partial charge in [-0.3, -0.25) is 4.79 Å². The summed E-state index contributed by atoms with van der Waals surface area (Å²) in [6, 6.07) is 4.06. The smallest absolute Gasteiger partial charge is 0.409 e. The average Bonchev–Trinajstić information content (AvgIpc) is 2.88. The van der Waals surface area contributed by atoms with Crippen LogP contribution in [0.5, 0.6) is 0 Å². The van der Waals surface area contributed by atoms with Crippen molar-refractivity contribution in [3.8, 4) is 0 Å². The highest BCUT2D eigenvalue weighted by Crippen LogP contribution is 2.31. The molecule has 1 aromatic rings. The number of carbonyl (C=O) groups is 2. The zero-order chi connectivity index (χ0) is 22.3. The van der Waals surface area contributed by atoms with Crippen LogP contribution in [0, 0.1) is 12.8 Å². The van der Waals surface area contributed by atoms with E-state index >= 15 is 0 Å². The summed E-state index contributed by atoms with van der Waals surface area (Å²) in [6.45, 7) is 5.73. The first-order chi connectivity index (χ1) is 14.0. The summed E-state index contributed by atoms with van der Waals surface area (Å²) in [5.74, 6) is -1.44. The molecule has 2 heterocycles. The fraction of sp³-hybridized carbons (Fsp3) is 0.556.